The number of ketones is 1. The quantitative estimate of drug-likeness (QED) is 0.520. The minimum Gasteiger partial charge on any atom is -0.487 e. The third-order valence-electron chi connectivity index (χ3n) is 4.25. The van der Waals surface area contributed by atoms with Crippen LogP contribution in [-0.4, -0.2) is 5.78 Å². The lowest BCUT2D eigenvalue weighted by Gasteiger charge is -2.14. The summed E-state index contributed by atoms with van der Waals surface area (Å²) in [6.07, 6.45) is 0. The number of ether oxygens (including phenoxy) is 1. The van der Waals surface area contributed by atoms with Gasteiger partial charge >= 0.3 is 0 Å². The van der Waals surface area contributed by atoms with E-state index in [9.17, 15) is 4.79 Å². The van der Waals surface area contributed by atoms with E-state index in [0.717, 1.165) is 5.56 Å². The van der Waals surface area contributed by atoms with Crippen molar-refractivity contribution in [3.63, 3.8) is 0 Å². The molecule has 3 aromatic rings. The fraction of sp³-hybridized carbons (Fsp3) is 0.136. The Morgan fingerprint density at radius 3 is 2.44 bits per heavy atom. The van der Waals surface area contributed by atoms with Crippen LogP contribution in [0.1, 0.15) is 28.4 Å². The van der Waals surface area contributed by atoms with Crippen LogP contribution in [0.3, 0.4) is 0 Å². The molecule has 0 saturated carbocycles. The first-order valence-corrected chi connectivity index (χ1v) is 8.51. The first-order valence-electron chi connectivity index (χ1n) is 8.13. The Kier molecular flexibility index (Phi) is 5.20. The highest BCUT2D eigenvalue weighted by Gasteiger charge is 2.09. The molecular weight excluding hydrogens is 332 g/mol. The fourth-order valence-corrected chi connectivity index (χ4v) is 3.00. The lowest BCUT2D eigenvalue weighted by molar-refractivity contribution is 0.101. The molecule has 0 saturated heterocycles. The minimum absolute atomic E-state index is 0.0140. The molecule has 0 radical (unpaired) electrons. The SMILES string of the molecule is CC(=O)c1ccc(OCc2cccc(-c3ccccc3)c2C)c(Cl)c1. The molecule has 0 aliphatic heterocycles. The summed E-state index contributed by atoms with van der Waals surface area (Å²) >= 11 is 6.23. The second-order valence-corrected chi connectivity index (χ2v) is 6.35. The van der Waals surface area contributed by atoms with E-state index in [2.05, 4.69) is 31.2 Å². The van der Waals surface area contributed by atoms with Gasteiger partial charge in [-0.15, -0.1) is 0 Å². The predicted molar refractivity (Wildman–Crippen MR) is 102 cm³/mol. The summed E-state index contributed by atoms with van der Waals surface area (Å²) < 4.78 is 5.89. The van der Waals surface area contributed by atoms with Crippen LogP contribution in [0.4, 0.5) is 0 Å². The standard InChI is InChI=1S/C22H19ClO2/c1-15-19(9-6-10-20(15)17-7-4-3-5-8-17)14-25-22-12-11-18(16(2)24)13-21(22)23/h3-13H,14H2,1-2H3. The van der Waals surface area contributed by atoms with Crippen molar-refractivity contribution in [3.8, 4) is 16.9 Å². The Balaban J connectivity index is 1.82. The number of carbonyl (C=O) groups excluding carboxylic acids is 1. The van der Waals surface area contributed by atoms with Crippen LogP contribution in [0.25, 0.3) is 11.1 Å². The van der Waals surface area contributed by atoms with Gasteiger partial charge in [0.2, 0.25) is 0 Å². The zero-order valence-electron chi connectivity index (χ0n) is 14.3. The van der Waals surface area contributed by atoms with E-state index in [1.807, 2.05) is 24.3 Å². The van der Waals surface area contributed by atoms with Gasteiger partial charge in [0.1, 0.15) is 12.4 Å². The van der Waals surface area contributed by atoms with Gasteiger partial charge in [0.15, 0.2) is 5.78 Å². The van der Waals surface area contributed by atoms with Crippen molar-refractivity contribution in [2.24, 2.45) is 0 Å². The third-order valence-corrected chi connectivity index (χ3v) is 4.55. The third kappa shape index (κ3) is 3.92. The van der Waals surface area contributed by atoms with E-state index < -0.39 is 0 Å². The smallest absolute Gasteiger partial charge is 0.159 e. The molecule has 0 unspecified atom stereocenters. The molecule has 3 aromatic carbocycles. The fourth-order valence-electron chi connectivity index (χ4n) is 2.76. The number of halogens is 1. The number of carbonyl (C=O) groups is 1. The highest BCUT2D eigenvalue weighted by Crippen LogP contribution is 2.29. The molecule has 0 aromatic heterocycles. The first kappa shape index (κ1) is 17.2. The van der Waals surface area contributed by atoms with Crippen molar-refractivity contribution in [1.29, 1.82) is 0 Å². The van der Waals surface area contributed by atoms with Crippen molar-refractivity contribution in [1.82, 2.24) is 0 Å². The molecule has 126 valence electrons. The molecule has 0 fully saturated rings. The number of hydrogen-bond donors (Lipinski definition) is 0. The maximum atomic E-state index is 11.4. The Morgan fingerprint density at radius 2 is 1.76 bits per heavy atom. The van der Waals surface area contributed by atoms with Gasteiger partial charge in [-0.2, -0.15) is 0 Å². The predicted octanol–water partition coefficient (Wildman–Crippen LogP) is 6.10. The molecule has 0 spiro atoms. The molecular formula is C22H19ClO2. The van der Waals surface area contributed by atoms with Crippen LogP contribution in [0.15, 0.2) is 66.7 Å². The maximum Gasteiger partial charge on any atom is 0.159 e. The highest BCUT2D eigenvalue weighted by atomic mass is 35.5. The summed E-state index contributed by atoms with van der Waals surface area (Å²) in [5, 5.41) is 0.449. The summed E-state index contributed by atoms with van der Waals surface area (Å²) in [7, 11) is 0. The molecule has 0 bridgehead atoms. The van der Waals surface area contributed by atoms with Crippen LogP contribution >= 0.6 is 11.6 Å². The Bertz CT molecular complexity index is 901. The van der Waals surface area contributed by atoms with Gasteiger partial charge in [0.25, 0.3) is 0 Å². The van der Waals surface area contributed by atoms with Gasteiger partial charge in [0, 0.05) is 5.56 Å². The summed E-state index contributed by atoms with van der Waals surface area (Å²) in [5.74, 6) is 0.566. The van der Waals surface area contributed by atoms with Gasteiger partial charge in [-0.05, 0) is 54.3 Å². The number of Topliss-reactive ketones (excluding diaryl/α,β-unsaturated/α-hetero) is 1. The first-order chi connectivity index (χ1) is 12.1. The monoisotopic (exact) mass is 350 g/mol. The molecule has 0 amide bonds. The number of rotatable bonds is 5. The van der Waals surface area contributed by atoms with Crippen LogP contribution in [0.2, 0.25) is 5.02 Å². The number of benzene rings is 3. The molecule has 3 heteroatoms. The second kappa shape index (κ2) is 7.54. The minimum atomic E-state index is -0.0140. The largest absolute Gasteiger partial charge is 0.487 e. The van der Waals surface area contributed by atoms with Gasteiger partial charge < -0.3 is 4.74 Å². The van der Waals surface area contributed by atoms with Crippen molar-refractivity contribution in [2.75, 3.05) is 0 Å². The zero-order valence-corrected chi connectivity index (χ0v) is 15.0. The van der Waals surface area contributed by atoms with Gasteiger partial charge in [-0.25, -0.2) is 0 Å². The van der Waals surface area contributed by atoms with Gasteiger partial charge in [-0.3, -0.25) is 4.79 Å². The Labute approximate surface area is 153 Å². The van der Waals surface area contributed by atoms with Crippen LogP contribution in [0, 0.1) is 6.92 Å². The van der Waals surface area contributed by atoms with Crippen molar-refractivity contribution < 1.29 is 9.53 Å². The van der Waals surface area contributed by atoms with Crippen LogP contribution < -0.4 is 4.74 Å². The average Bonchev–Trinajstić information content (AvgIpc) is 2.62. The van der Waals surface area contributed by atoms with E-state index in [1.54, 1.807) is 18.2 Å². The molecule has 0 aliphatic carbocycles. The van der Waals surface area contributed by atoms with E-state index in [1.165, 1.54) is 23.6 Å². The zero-order chi connectivity index (χ0) is 17.8. The van der Waals surface area contributed by atoms with Crippen molar-refractivity contribution in [2.45, 2.75) is 20.5 Å². The Hall–Kier alpha value is -2.58. The molecule has 0 aliphatic rings. The summed E-state index contributed by atoms with van der Waals surface area (Å²) in [6, 6.07) is 21.6. The summed E-state index contributed by atoms with van der Waals surface area (Å²) in [6.45, 7) is 4.04. The molecule has 25 heavy (non-hydrogen) atoms. The molecule has 3 rings (SSSR count). The summed E-state index contributed by atoms with van der Waals surface area (Å²) in [5.41, 5.74) is 5.25. The maximum absolute atomic E-state index is 11.4. The van der Waals surface area contributed by atoms with Crippen molar-refractivity contribution >= 4 is 17.4 Å². The topological polar surface area (TPSA) is 26.3 Å². The lowest BCUT2D eigenvalue weighted by Crippen LogP contribution is -2.00. The normalized spacial score (nSPS) is 10.5. The van der Waals surface area contributed by atoms with E-state index in [4.69, 9.17) is 16.3 Å². The van der Waals surface area contributed by atoms with Crippen LogP contribution in [-0.2, 0) is 6.61 Å². The van der Waals surface area contributed by atoms with Crippen molar-refractivity contribution in [3.05, 3.63) is 88.4 Å². The number of hydrogen-bond acceptors (Lipinski definition) is 2. The molecule has 0 heterocycles. The summed E-state index contributed by atoms with van der Waals surface area (Å²) in [4.78, 5) is 11.4. The van der Waals surface area contributed by atoms with E-state index >= 15 is 0 Å². The van der Waals surface area contributed by atoms with E-state index in [0.29, 0.717) is 22.9 Å². The average molecular weight is 351 g/mol. The Morgan fingerprint density at radius 1 is 1.00 bits per heavy atom. The van der Waals surface area contributed by atoms with Gasteiger partial charge in [0.05, 0.1) is 5.02 Å². The highest BCUT2D eigenvalue weighted by molar-refractivity contribution is 6.32. The molecule has 2 nitrogen and oxygen atoms in total. The van der Waals surface area contributed by atoms with E-state index in [-0.39, 0.29) is 5.78 Å². The lowest BCUT2D eigenvalue weighted by atomic mass is 9.97. The van der Waals surface area contributed by atoms with Crippen LogP contribution in [0.5, 0.6) is 5.75 Å². The van der Waals surface area contributed by atoms with Gasteiger partial charge in [-0.1, -0.05) is 60.1 Å². The molecule has 0 N–H and O–H groups in total. The second-order valence-electron chi connectivity index (χ2n) is 5.95. The molecule has 0 atom stereocenters.